The first-order valence-electron chi connectivity index (χ1n) is 5.69. The molecule has 1 rings (SSSR count). The normalized spacial score (nSPS) is 12.2. The standard InChI is InChI=1S/C13H19NO2/c1-4-14-10(3)13(15)11-6-8-12(9-7-11)16-5-2/h6-10,14H,4-5H2,1-3H3. The minimum absolute atomic E-state index is 0.116. The SMILES string of the molecule is CCNC(C)C(=O)c1ccc(OCC)cc1. The van der Waals surface area contributed by atoms with Crippen LogP contribution < -0.4 is 10.1 Å². The molecular formula is C13H19NO2. The molecule has 0 bridgehead atoms. The van der Waals surface area contributed by atoms with Crippen LogP contribution in [0.1, 0.15) is 31.1 Å². The van der Waals surface area contributed by atoms with Crippen molar-refractivity contribution in [1.82, 2.24) is 5.32 Å². The van der Waals surface area contributed by atoms with Gasteiger partial charge in [0.15, 0.2) is 5.78 Å². The number of carbonyl (C=O) groups excluding carboxylic acids is 1. The molecule has 0 aliphatic rings. The molecular weight excluding hydrogens is 202 g/mol. The van der Waals surface area contributed by atoms with Crippen LogP contribution in [0.3, 0.4) is 0 Å². The summed E-state index contributed by atoms with van der Waals surface area (Å²) in [6, 6.07) is 7.13. The highest BCUT2D eigenvalue weighted by molar-refractivity contribution is 5.99. The fourth-order valence-corrected chi connectivity index (χ4v) is 1.53. The Bertz CT molecular complexity index is 332. The van der Waals surface area contributed by atoms with E-state index in [1.165, 1.54) is 0 Å². The molecule has 3 nitrogen and oxygen atoms in total. The topological polar surface area (TPSA) is 38.3 Å². The molecule has 0 radical (unpaired) electrons. The van der Waals surface area contributed by atoms with E-state index in [1.807, 2.05) is 32.9 Å². The monoisotopic (exact) mass is 221 g/mol. The number of hydrogen-bond donors (Lipinski definition) is 1. The van der Waals surface area contributed by atoms with Gasteiger partial charge in [-0.1, -0.05) is 6.92 Å². The smallest absolute Gasteiger partial charge is 0.179 e. The molecule has 16 heavy (non-hydrogen) atoms. The van der Waals surface area contributed by atoms with Crippen molar-refractivity contribution in [3.8, 4) is 5.75 Å². The van der Waals surface area contributed by atoms with Crippen molar-refractivity contribution in [2.75, 3.05) is 13.2 Å². The molecule has 0 saturated heterocycles. The van der Waals surface area contributed by atoms with Crippen LogP contribution in [-0.2, 0) is 0 Å². The average molecular weight is 221 g/mol. The summed E-state index contributed by atoms with van der Waals surface area (Å²) in [7, 11) is 0. The molecule has 0 aliphatic carbocycles. The number of rotatable bonds is 6. The van der Waals surface area contributed by atoms with E-state index in [4.69, 9.17) is 4.74 Å². The van der Waals surface area contributed by atoms with Gasteiger partial charge in [0.1, 0.15) is 5.75 Å². The lowest BCUT2D eigenvalue weighted by Crippen LogP contribution is -2.33. The van der Waals surface area contributed by atoms with Gasteiger partial charge in [-0.3, -0.25) is 4.79 Å². The van der Waals surface area contributed by atoms with E-state index >= 15 is 0 Å². The molecule has 1 aromatic rings. The van der Waals surface area contributed by atoms with Gasteiger partial charge in [0.05, 0.1) is 12.6 Å². The highest BCUT2D eigenvalue weighted by Crippen LogP contribution is 2.13. The van der Waals surface area contributed by atoms with E-state index in [2.05, 4.69) is 5.32 Å². The molecule has 0 saturated carbocycles. The maximum absolute atomic E-state index is 11.9. The fourth-order valence-electron chi connectivity index (χ4n) is 1.53. The van der Waals surface area contributed by atoms with E-state index in [1.54, 1.807) is 12.1 Å². The van der Waals surface area contributed by atoms with Crippen molar-refractivity contribution in [1.29, 1.82) is 0 Å². The minimum Gasteiger partial charge on any atom is -0.494 e. The molecule has 1 aromatic carbocycles. The highest BCUT2D eigenvalue weighted by Gasteiger charge is 2.13. The molecule has 1 unspecified atom stereocenters. The maximum Gasteiger partial charge on any atom is 0.179 e. The summed E-state index contributed by atoms with van der Waals surface area (Å²) in [5.41, 5.74) is 0.719. The fraction of sp³-hybridized carbons (Fsp3) is 0.462. The third-order valence-electron chi connectivity index (χ3n) is 2.35. The number of ketones is 1. The van der Waals surface area contributed by atoms with Crippen molar-refractivity contribution in [2.45, 2.75) is 26.8 Å². The van der Waals surface area contributed by atoms with Crippen LogP contribution in [0.4, 0.5) is 0 Å². The Morgan fingerprint density at radius 3 is 2.44 bits per heavy atom. The van der Waals surface area contributed by atoms with Gasteiger partial charge in [-0.2, -0.15) is 0 Å². The molecule has 3 heteroatoms. The Morgan fingerprint density at radius 2 is 1.94 bits per heavy atom. The van der Waals surface area contributed by atoms with E-state index in [0.717, 1.165) is 17.9 Å². The Hall–Kier alpha value is -1.35. The summed E-state index contributed by atoms with van der Waals surface area (Å²) in [4.78, 5) is 11.9. The second-order valence-electron chi connectivity index (χ2n) is 3.60. The van der Waals surface area contributed by atoms with Crippen molar-refractivity contribution in [2.24, 2.45) is 0 Å². The van der Waals surface area contributed by atoms with Crippen LogP contribution in [0.15, 0.2) is 24.3 Å². The predicted octanol–water partition coefficient (Wildman–Crippen LogP) is 2.27. The van der Waals surface area contributed by atoms with E-state index in [0.29, 0.717) is 6.61 Å². The second-order valence-corrected chi connectivity index (χ2v) is 3.60. The zero-order chi connectivity index (χ0) is 12.0. The van der Waals surface area contributed by atoms with E-state index in [-0.39, 0.29) is 11.8 Å². The summed E-state index contributed by atoms with van der Waals surface area (Å²) >= 11 is 0. The van der Waals surface area contributed by atoms with Gasteiger partial charge in [-0.15, -0.1) is 0 Å². The summed E-state index contributed by atoms with van der Waals surface area (Å²) in [5.74, 6) is 0.917. The molecule has 0 aromatic heterocycles. The van der Waals surface area contributed by atoms with Crippen LogP contribution in [0.25, 0.3) is 0 Å². The van der Waals surface area contributed by atoms with Gasteiger partial charge >= 0.3 is 0 Å². The first kappa shape index (κ1) is 12.7. The van der Waals surface area contributed by atoms with Crippen LogP contribution in [0, 0.1) is 0 Å². The van der Waals surface area contributed by atoms with Gasteiger partial charge in [0, 0.05) is 5.56 Å². The Kier molecular flexibility index (Phi) is 4.99. The second kappa shape index (κ2) is 6.28. The first-order valence-corrected chi connectivity index (χ1v) is 5.69. The van der Waals surface area contributed by atoms with E-state index in [9.17, 15) is 4.79 Å². The van der Waals surface area contributed by atoms with Gasteiger partial charge in [-0.05, 0) is 44.7 Å². The highest BCUT2D eigenvalue weighted by atomic mass is 16.5. The zero-order valence-electron chi connectivity index (χ0n) is 10.1. The minimum atomic E-state index is -0.136. The number of ether oxygens (including phenoxy) is 1. The molecule has 0 amide bonds. The lowest BCUT2D eigenvalue weighted by molar-refractivity contribution is 0.0952. The maximum atomic E-state index is 11.9. The Labute approximate surface area is 96.8 Å². The average Bonchev–Trinajstić information content (AvgIpc) is 2.30. The Balaban J connectivity index is 2.69. The third kappa shape index (κ3) is 3.35. The number of carbonyl (C=O) groups is 1. The van der Waals surface area contributed by atoms with Crippen LogP contribution in [0.2, 0.25) is 0 Å². The molecule has 0 spiro atoms. The summed E-state index contributed by atoms with van der Waals surface area (Å²) in [6.07, 6.45) is 0. The Morgan fingerprint density at radius 1 is 1.31 bits per heavy atom. The number of nitrogens with one attached hydrogen (secondary N) is 1. The first-order chi connectivity index (χ1) is 7.69. The van der Waals surface area contributed by atoms with Gasteiger partial charge in [-0.25, -0.2) is 0 Å². The van der Waals surface area contributed by atoms with Gasteiger partial charge < -0.3 is 10.1 Å². The predicted molar refractivity (Wildman–Crippen MR) is 65.1 cm³/mol. The van der Waals surface area contributed by atoms with Crippen molar-refractivity contribution in [3.63, 3.8) is 0 Å². The number of Topliss-reactive ketones (excluding diaryl/α,β-unsaturated/α-hetero) is 1. The zero-order valence-corrected chi connectivity index (χ0v) is 10.1. The molecule has 0 aliphatic heterocycles. The summed E-state index contributed by atoms with van der Waals surface area (Å²) < 4.78 is 5.32. The van der Waals surface area contributed by atoms with Crippen LogP contribution in [-0.4, -0.2) is 25.0 Å². The molecule has 0 heterocycles. The summed E-state index contributed by atoms with van der Waals surface area (Å²) in [5, 5.41) is 3.10. The van der Waals surface area contributed by atoms with Crippen molar-refractivity contribution in [3.05, 3.63) is 29.8 Å². The molecule has 0 fully saturated rings. The van der Waals surface area contributed by atoms with Crippen molar-refractivity contribution < 1.29 is 9.53 Å². The van der Waals surface area contributed by atoms with Gasteiger partial charge in [0.25, 0.3) is 0 Å². The lowest BCUT2D eigenvalue weighted by atomic mass is 10.1. The van der Waals surface area contributed by atoms with Gasteiger partial charge in [0.2, 0.25) is 0 Å². The lowest BCUT2D eigenvalue weighted by Gasteiger charge is -2.11. The molecule has 1 N–H and O–H groups in total. The van der Waals surface area contributed by atoms with Crippen LogP contribution >= 0.6 is 0 Å². The third-order valence-corrected chi connectivity index (χ3v) is 2.35. The van der Waals surface area contributed by atoms with Crippen LogP contribution in [0.5, 0.6) is 5.75 Å². The number of benzene rings is 1. The molecule has 88 valence electrons. The molecule has 1 atom stereocenters. The van der Waals surface area contributed by atoms with E-state index < -0.39 is 0 Å². The van der Waals surface area contributed by atoms with Crippen molar-refractivity contribution >= 4 is 5.78 Å². The number of likely N-dealkylation sites (N-methyl/N-ethyl adjacent to an activating group) is 1. The largest absolute Gasteiger partial charge is 0.494 e. The summed E-state index contributed by atoms with van der Waals surface area (Å²) in [6.45, 7) is 7.24. The quantitative estimate of drug-likeness (QED) is 0.749. The number of hydrogen-bond acceptors (Lipinski definition) is 3.